The summed E-state index contributed by atoms with van der Waals surface area (Å²) >= 11 is 1.23. The predicted octanol–water partition coefficient (Wildman–Crippen LogP) is 1.57. The SMILES string of the molecule is Cc1csc([C@@H](C#N)C(=O)COC(=O)CN2CCCCCC2=O)n1. The average molecular weight is 349 g/mol. The molecule has 1 amide bonds. The quantitative estimate of drug-likeness (QED) is 0.723. The molecule has 1 aliphatic rings. The molecular formula is C16H19N3O4S. The Morgan fingerprint density at radius 2 is 2.25 bits per heavy atom. The molecule has 1 fully saturated rings. The molecule has 0 saturated carbocycles. The van der Waals surface area contributed by atoms with Crippen LogP contribution in [0.5, 0.6) is 0 Å². The summed E-state index contributed by atoms with van der Waals surface area (Å²) < 4.78 is 4.95. The number of carbonyl (C=O) groups excluding carboxylic acids is 3. The molecule has 1 aromatic rings. The Balaban J connectivity index is 1.85. The number of Topliss-reactive ketones (excluding diaryl/α,β-unsaturated/α-hetero) is 1. The summed E-state index contributed by atoms with van der Waals surface area (Å²) in [5, 5.41) is 11.3. The molecule has 24 heavy (non-hydrogen) atoms. The first-order chi connectivity index (χ1) is 11.5. The van der Waals surface area contributed by atoms with Crippen molar-refractivity contribution >= 4 is 29.0 Å². The van der Waals surface area contributed by atoms with Gasteiger partial charge in [-0.15, -0.1) is 11.3 Å². The van der Waals surface area contributed by atoms with E-state index in [2.05, 4.69) is 4.98 Å². The molecule has 1 aromatic heterocycles. The van der Waals surface area contributed by atoms with Gasteiger partial charge in [-0.25, -0.2) is 4.98 Å². The molecule has 1 atom stereocenters. The second-order valence-electron chi connectivity index (χ2n) is 5.64. The minimum atomic E-state index is -1.03. The zero-order valence-corrected chi connectivity index (χ0v) is 14.3. The highest BCUT2D eigenvalue weighted by Crippen LogP contribution is 2.20. The Kier molecular flexibility index (Phi) is 6.44. The standard InChI is InChI=1S/C16H19N3O4S/c1-11-10-24-16(18-11)12(7-17)13(20)9-23-15(22)8-19-6-4-2-3-5-14(19)21/h10,12H,2-6,8-9H2,1H3/t12-/m0/s1. The van der Waals surface area contributed by atoms with Crippen LogP contribution in [0.25, 0.3) is 0 Å². The van der Waals surface area contributed by atoms with Gasteiger partial charge in [-0.1, -0.05) is 6.42 Å². The van der Waals surface area contributed by atoms with Crippen LogP contribution in [-0.2, 0) is 19.1 Å². The van der Waals surface area contributed by atoms with E-state index < -0.39 is 24.3 Å². The van der Waals surface area contributed by atoms with Crippen LogP contribution in [0.1, 0.15) is 42.3 Å². The van der Waals surface area contributed by atoms with E-state index in [-0.39, 0.29) is 12.5 Å². The monoisotopic (exact) mass is 349 g/mol. The first kappa shape index (κ1) is 18.1. The van der Waals surface area contributed by atoms with Crippen LogP contribution in [-0.4, -0.2) is 47.2 Å². The van der Waals surface area contributed by atoms with Crippen molar-refractivity contribution < 1.29 is 19.1 Å². The molecule has 0 aromatic carbocycles. The number of likely N-dealkylation sites (tertiary alicyclic amines) is 1. The Bertz CT molecular complexity index is 665. The average Bonchev–Trinajstić information content (AvgIpc) is 2.87. The smallest absolute Gasteiger partial charge is 0.326 e. The van der Waals surface area contributed by atoms with E-state index >= 15 is 0 Å². The Labute approximate surface area is 144 Å². The van der Waals surface area contributed by atoms with Crippen LogP contribution in [0.15, 0.2) is 5.38 Å². The lowest BCUT2D eigenvalue weighted by molar-refractivity contribution is -0.151. The number of aromatic nitrogens is 1. The summed E-state index contributed by atoms with van der Waals surface area (Å²) in [6.45, 7) is 1.66. The van der Waals surface area contributed by atoms with Gasteiger partial charge in [-0.3, -0.25) is 14.4 Å². The Hall–Kier alpha value is -2.27. The fraction of sp³-hybridized carbons (Fsp3) is 0.562. The predicted molar refractivity (Wildman–Crippen MR) is 86.2 cm³/mol. The summed E-state index contributed by atoms with van der Waals surface area (Å²) in [6, 6.07) is 1.89. The van der Waals surface area contributed by atoms with Crippen LogP contribution in [0.3, 0.4) is 0 Å². The second-order valence-corrected chi connectivity index (χ2v) is 6.53. The van der Waals surface area contributed by atoms with Crippen LogP contribution < -0.4 is 0 Å². The van der Waals surface area contributed by atoms with Crippen LogP contribution in [0, 0.1) is 18.3 Å². The van der Waals surface area contributed by atoms with Gasteiger partial charge in [-0.05, 0) is 19.8 Å². The first-order valence-corrected chi connectivity index (χ1v) is 8.67. The van der Waals surface area contributed by atoms with Gasteiger partial charge >= 0.3 is 5.97 Å². The van der Waals surface area contributed by atoms with Gasteiger partial charge in [0, 0.05) is 24.0 Å². The fourth-order valence-corrected chi connectivity index (χ4v) is 3.27. The minimum Gasteiger partial charge on any atom is -0.456 e. The van der Waals surface area contributed by atoms with E-state index in [4.69, 9.17) is 10.00 Å². The third-order valence-electron chi connectivity index (χ3n) is 3.70. The second kappa shape index (κ2) is 8.55. The highest BCUT2D eigenvalue weighted by Gasteiger charge is 2.25. The molecule has 128 valence electrons. The molecule has 0 unspecified atom stereocenters. The van der Waals surface area contributed by atoms with Crippen molar-refractivity contribution in [2.75, 3.05) is 19.7 Å². The van der Waals surface area contributed by atoms with Crippen LogP contribution >= 0.6 is 11.3 Å². The van der Waals surface area contributed by atoms with Crippen LogP contribution in [0.2, 0.25) is 0 Å². The van der Waals surface area contributed by atoms with Gasteiger partial charge in [0.05, 0.1) is 6.07 Å². The number of thiazole rings is 1. The largest absolute Gasteiger partial charge is 0.456 e. The Morgan fingerprint density at radius 3 is 2.92 bits per heavy atom. The zero-order chi connectivity index (χ0) is 17.5. The maximum Gasteiger partial charge on any atom is 0.326 e. The van der Waals surface area contributed by atoms with Crippen molar-refractivity contribution in [2.45, 2.75) is 38.5 Å². The Morgan fingerprint density at radius 1 is 1.46 bits per heavy atom. The van der Waals surface area contributed by atoms with Crippen molar-refractivity contribution in [3.05, 3.63) is 16.1 Å². The van der Waals surface area contributed by atoms with Gasteiger partial charge in [0.25, 0.3) is 0 Å². The maximum absolute atomic E-state index is 12.1. The number of rotatable bonds is 6. The van der Waals surface area contributed by atoms with E-state index in [0.29, 0.717) is 18.0 Å². The third-order valence-corrected chi connectivity index (χ3v) is 4.73. The lowest BCUT2D eigenvalue weighted by Crippen LogP contribution is -2.36. The van der Waals surface area contributed by atoms with Crippen molar-refractivity contribution in [1.82, 2.24) is 9.88 Å². The molecule has 7 nitrogen and oxygen atoms in total. The number of ether oxygens (including phenoxy) is 1. The summed E-state index contributed by atoms with van der Waals surface area (Å²) in [4.78, 5) is 41.4. The molecule has 0 aliphatic carbocycles. The zero-order valence-electron chi connectivity index (χ0n) is 13.5. The molecule has 1 aliphatic heterocycles. The summed E-state index contributed by atoms with van der Waals surface area (Å²) in [7, 11) is 0. The van der Waals surface area contributed by atoms with Gasteiger partial charge in [0.1, 0.15) is 11.6 Å². The van der Waals surface area contributed by atoms with Crippen molar-refractivity contribution in [1.29, 1.82) is 5.26 Å². The number of nitrogens with zero attached hydrogens (tertiary/aromatic N) is 3. The normalized spacial score (nSPS) is 16.2. The van der Waals surface area contributed by atoms with Gasteiger partial charge in [-0.2, -0.15) is 5.26 Å². The number of nitriles is 1. The number of carbonyl (C=O) groups is 3. The lowest BCUT2D eigenvalue weighted by atomic mass is 10.1. The van der Waals surface area contributed by atoms with Gasteiger partial charge in [0.15, 0.2) is 18.3 Å². The van der Waals surface area contributed by atoms with Gasteiger partial charge in [0.2, 0.25) is 5.91 Å². The molecule has 0 radical (unpaired) electrons. The number of ketones is 1. The van der Waals surface area contributed by atoms with E-state index in [1.807, 2.05) is 6.07 Å². The number of hydrogen-bond donors (Lipinski definition) is 0. The number of esters is 1. The molecule has 8 heteroatoms. The van der Waals surface area contributed by atoms with E-state index in [1.165, 1.54) is 16.2 Å². The number of hydrogen-bond acceptors (Lipinski definition) is 7. The summed E-state index contributed by atoms with van der Waals surface area (Å²) in [5.41, 5.74) is 0.736. The van der Waals surface area contributed by atoms with Crippen molar-refractivity contribution in [3.8, 4) is 6.07 Å². The first-order valence-electron chi connectivity index (χ1n) is 7.79. The summed E-state index contributed by atoms with van der Waals surface area (Å²) in [5.74, 6) is -2.24. The fourth-order valence-electron chi connectivity index (χ4n) is 2.41. The molecule has 2 heterocycles. The van der Waals surface area contributed by atoms with Crippen LogP contribution in [0.4, 0.5) is 0 Å². The molecule has 1 saturated heterocycles. The topological polar surface area (TPSA) is 100 Å². The molecule has 0 spiro atoms. The van der Waals surface area contributed by atoms with E-state index in [1.54, 1.807) is 12.3 Å². The minimum absolute atomic E-state index is 0.0658. The van der Waals surface area contributed by atoms with Crippen molar-refractivity contribution in [2.24, 2.45) is 0 Å². The maximum atomic E-state index is 12.1. The molecule has 0 N–H and O–H groups in total. The lowest BCUT2D eigenvalue weighted by Gasteiger charge is -2.19. The molecule has 0 bridgehead atoms. The molecule has 2 rings (SSSR count). The number of aryl methyl sites for hydroxylation is 1. The van der Waals surface area contributed by atoms with E-state index in [0.717, 1.165) is 25.0 Å². The van der Waals surface area contributed by atoms with Crippen molar-refractivity contribution in [3.63, 3.8) is 0 Å². The van der Waals surface area contributed by atoms with Gasteiger partial charge < -0.3 is 9.64 Å². The third kappa shape index (κ3) is 4.86. The number of amides is 1. The highest BCUT2D eigenvalue weighted by molar-refractivity contribution is 7.09. The van der Waals surface area contributed by atoms with E-state index in [9.17, 15) is 14.4 Å². The summed E-state index contributed by atoms with van der Waals surface area (Å²) in [6.07, 6.45) is 3.09. The highest BCUT2D eigenvalue weighted by atomic mass is 32.1. The molecular weight excluding hydrogens is 330 g/mol.